The summed E-state index contributed by atoms with van der Waals surface area (Å²) in [5, 5.41) is 3.00. The van der Waals surface area contributed by atoms with Gasteiger partial charge in [-0.25, -0.2) is 9.37 Å². The molecular formula is C27H33FN4O2. The number of furan rings is 1. The third-order valence-electron chi connectivity index (χ3n) is 7.10. The number of carbonyl (C=O) groups excluding carboxylic acids is 1. The van der Waals surface area contributed by atoms with Crippen molar-refractivity contribution in [2.24, 2.45) is 0 Å². The van der Waals surface area contributed by atoms with Crippen LogP contribution in [-0.4, -0.2) is 46.5 Å². The van der Waals surface area contributed by atoms with Gasteiger partial charge in [-0.05, 0) is 75.2 Å². The number of rotatable bonds is 7. The predicted octanol–water partition coefficient (Wildman–Crippen LogP) is 5.67. The summed E-state index contributed by atoms with van der Waals surface area (Å²) in [6, 6.07) is 10.3. The maximum atomic E-state index is 13.5. The summed E-state index contributed by atoms with van der Waals surface area (Å²) >= 11 is 0. The Kier molecular flexibility index (Phi) is 7.09. The van der Waals surface area contributed by atoms with Crippen molar-refractivity contribution < 1.29 is 13.6 Å². The molecule has 0 unspecified atom stereocenters. The highest BCUT2D eigenvalue weighted by atomic mass is 19.1. The summed E-state index contributed by atoms with van der Waals surface area (Å²) in [6.07, 6.45) is 11.5. The summed E-state index contributed by atoms with van der Waals surface area (Å²) in [5.74, 6) is 0.438. The smallest absolute Gasteiger partial charge is 0.287 e. The van der Waals surface area contributed by atoms with Crippen LogP contribution in [0.1, 0.15) is 68.0 Å². The van der Waals surface area contributed by atoms with Crippen LogP contribution in [0.4, 0.5) is 4.39 Å². The highest BCUT2D eigenvalue weighted by molar-refractivity contribution is 5.92. The maximum absolute atomic E-state index is 13.5. The lowest BCUT2D eigenvalue weighted by molar-refractivity contribution is 0.0919. The van der Waals surface area contributed by atoms with Crippen LogP contribution in [0.25, 0.3) is 22.7 Å². The molecule has 7 heteroatoms. The average Bonchev–Trinajstić information content (AvgIpc) is 3.53. The Morgan fingerprint density at radius 3 is 2.50 bits per heavy atom. The zero-order chi connectivity index (χ0) is 23.3. The molecule has 3 heterocycles. The van der Waals surface area contributed by atoms with E-state index in [1.165, 1.54) is 50.7 Å². The van der Waals surface area contributed by atoms with Crippen LogP contribution in [0, 0.1) is 5.82 Å². The summed E-state index contributed by atoms with van der Waals surface area (Å²) in [6.45, 7) is 3.69. The average molecular weight is 465 g/mol. The standard InChI is InChI=1S/C27H33FN4O2/c28-21-11-9-20(10-12-21)25-26(32(19-30-25)22-7-3-1-4-8-22)23-13-14-24(34-23)27(33)29-15-18-31-16-5-2-6-17-31/h9-14,19,22H,1-8,15-18H2,(H,29,33). The number of amides is 1. The van der Waals surface area contributed by atoms with E-state index < -0.39 is 0 Å². The fourth-order valence-corrected chi connectivity index (χ4v) is 5.24. The minimum absolute atomic E-state index is 0.199. The van der Waals surface area contributed by atoms with Crippen LogP contribution in [0.2, 0.25) is 0 Å². The predicted molar refractivity (Wildman–Crippen MR) is 130 cm³/mol. The van der Waals surface area contributed by atoms with Crippen LogP contribution in [0.3, 0.4) is 0 Å². The van der Waals surface area contributed by atoms with Crippen LogP contribution >= 0.6 is 0 Å². The van der Waals surface area contributed by atoms with E-state index in [1.807, 2.05) is 12.4 Å². The van der Waals surface area contributed by atoms with E-state index in [-0.39, 0.29) is 11.7 Å². The number of piperidine rings is 1. The van der Waals surface area contributed by atoms with Crippen molar-refractivity contribution in [3.63, 3.8) is 0 Å². The van der Waals surface area contributed by atoms with Crippen LogP contribution < -0.4 is 5.32 Å². The molecule has 5 rings (SSSR count). The fraction of sp³-hybridized carbons (Fsp3) is 0.481. The number of likely N-dealkylation sites (tertiary alicyclic amines) is 1. The Hall–Kier alpha value is -2.93. The normalized spacial score (nSPS) is 17.7. The molecule has 2 aliphatic rings. The highest BCUT2D eigenvalue weighted by Gasteiger charge is 2.25. The van der Waals surface area contributed by atoms with E-state index in [0.29, 0.717) is 24.1 Å². The minimum Gasteiger partial charge on any atom is -0.449 e. The van der Waals surface area contributed by atoms with Crippen molar-refractivity contribution in [1.82, 2.24) is 19.8 Å². The van der Waals surface area contributed by atoms with Crippen molar-refractivity contribution in [3.8, 4) is 22.7 Å². The number of hydrogen-bond donors (Lipinski definition) is 1. The Labute approximate surface area is 200 Å². The quantitative estimate of drug-likeness (QED) is 0.489. The minimum atomic E-state index is -0.279. The first-order valence-electron chi connectivity index (χ1n) is 12.6. The number of halogens is 1. The van der Waals surface area contributed by atoms with E-state index in [1.54, 1.807) is 18.2 Å². The van der Waals surface area contributed by atoms with Gasteiger partial charge < -0.3 is 19.2 Å². The van der Waals surface area contributed by atoms with Gasteiger partial charge >= 0.3 is 0 Å². The number of hydrogen-bond acceptors (Lipinski definition) is 4. The second kappa shape index (κ2) is 10.6. The Bertz CT molecular complexity index is 1090. The molecule has 0 bridgehead atoms. The molecule has 1 saturated carbocycles. The summed E-state index contributed by atoms with van der Waals surface area (Å²) < 4.78 is 21.8. The van der Waals surface area contributed by atoms with Gasteiger partial charge in [0.1, 0.15) is 11.5 Å². The van der Waals surface area contributed by atoms with Crippen LogP contribution in [-0.2, 0) is 0 Å². The Morgan fingerprint density at radius 1 is 1.00 bits per heavy atom. The number of nitrogens with one attached hydrogen (secondary N) is 1. The van der Waals surface area contributed by atoms with Crippen LogP contribution in [0.5, 0.6) is 0 Å². The molecule has 0 spiro atoms. The molecule has 1 N–H and O–H groups in total. The van der Waals surface area contributed by atoms with Crippen molar-refractivity contribution in [2.75, 3.05) is 26.2 Å². The van der Waals surface area contributed by atoms with E-state index in [4.69, 9.17) is 9.40 Å². The third kappa shape index (κ3) is 5.09. The molecule has 0 atom stereocenters. The third-order valence-corrected chi connectivity index (χ3v) is 7.10. The molecule has 1 saturated heterocycles. The number of nitrogens with zero attached hydrogens (tertiary/aromatic N) is 3. The lowest BCUT2D eigenvalue weighted by Gasteiger charge is -2.26. The van der Waals surface area contributed by atoms with Gasteiger partial charge in [-0.1, -0.05) is 25.7 Å². The first kappa shape index (κ1) is 22.8. The Morgan fingerprint density at radius 2 is 1.74 bits per heavy atom. The molecule has 1 aromatic carbocycles. The molecule has 3 aromatic rings. The fourth-order valence-electron chi connectivity index (χ4n) is 5.24. The van der Waals surface area contributed by atoms with Gasteiger partial charge in [-0.3, -0.25) is 4.79 Å². The maximum Gasteiger partial charge on any atom is 0.287 e. The summed E-state index contributed by atoms with van der Waals surface area (Å²) in [4.78, 5) is 19.9. The van der Waals surface area contributed by atoms with E-state index >= 15 is 0 Å². The topological polar surface area (TPSA) is 63.3 Å². The van der Waals surface area contributed by atoms with E-state index in [9.17, 15) is 9.18 Å². The zero-order valence-corrected chi connectivity index (χ0v) is 19.6. The summed E-state index contributed by atoms with van der Waals surface area (Å²) in [7, 11) is 0. The van der Waals surface area contributed by atoms with Crippen molar-refractivity contribution >= 4 is 5.91 Å². The largest absolute Gasteiger partial charge is 0.449 e. The summed E-state index contributed by atoms with van der Waals surface area (Å²) in [5.41, 5.74) is 2.43. The SMILES string of the molecule is O=C(NCCN1CCCCC1)c1ccc(-c2c(-c3ccc(F)cc3)ncn2C2CCCCC2)o1. The molecule has 180 valence electrons. The van der Waals surface area contributed by atoms with E-state index in [2.05, 4.69) is 14.8 Å². The second-order valence-corrected chi connectivity index (χ2v) is 9.47. The molecule has 0 radical (unpaired) electrons. The van der Waals surface area contributed by atoms with Gasteiger partial charge in [0.2, 0.25) is 0 Å². The molecule has 34 heavy (non-hydrogen) atoms. The number of benzene rings is 1. The zero-order valence-electron chi connectivity index (χ0n) is 19.6. The monoisotopic (exact) mass is 464 g/mol. The lowest BCUT2D eigenvalue weighted by atomic mass is 9.95. The first-order valence-corrected chi connectivity index (χ1v) is 12.6. The number of carbonyl (C=O) groups is 1. The molecular weight excluding hydrogens is 431 g/mol. The Balaban J connectivity index is 1.37. The molecule has 6 nitrogen and oxygen atoms in total. The number of aromatic nitrogens is 2. The molecule has 2 aromatic heterocycles. The van der Waals surface area contributed by atoms with Crippen LogP contribution in [0.15, 0.2) is 47.1 Å². The van der Waals surface area contributed by atoms with Crippen molar-refractivity contribution in [2.45, 2.75) is 57.4 Å². The van der Waals surface area contributed by atoms with Gasteiger partial charge in [0.15, 0.2) is 11.5 Å². The first-order chi connectivity index (χ1) is 16.7. The van der Waals surface area contributed by atoms with Gasteiger partial charge in [-0.15, -0.1) is 0 Å². The van der Waals surface area contributed by atoms with Gasteiger partial charge in [0, 0.05) is 24.7 Å². The lowest BCUT2D eigenvalue weighted by Crippen LogP contribution is -2.37. The molecule has 1 aliphatic heterocycles. The van der Waals surface area contributed by atoms with E-state index in [0.717, 1.165) is 49.4 Å². The highest BCUT2D eigenvalue weighted by Crippen LogP contribution is 2.38. The van der Waals surface area contributed by atoms with Crippen molar-refractivity contribution in [3.05, 3.63) is 54.3 Å². The molecule has 1 aliphatic carbocycles. The van der Waals surface area contributed by atoms with Gasteiger partial charge in [-0.2, -0.15) is 0 Å². The second-order valence-electron chi connectivity index (χ2n) is 9.47. The van der Waals surface area contributed by atoms with Gasteiger partial charge in [0.05, 0.1) is 12.0 Å². The molecule has 1 amide bonds. The van der Waals surface area contributed by atoms with Crippen molar-refractivity contribution in [1.29, 1.82) is 0 Å². The molecule has 2 fully saturated rings. The van der Waals surface area contributed by atoms with Gasteiger partial charge in [0.25, 0.3) is 5.91 Å². The number of imidazole rings is 1.